The van der Waals surface area contributed by atoms with Crippen molar-refractivity contribution < 1.29 is 4.79 Å². The van der Waals surface area contributed by atoms with E-state index in [1.165, 1.54) is 29.7 Å². The monoisotopic (exact) mass is 333 g/mol. The first-order valence-electron chi connectivity index (χ1n) is 7.69. The van der Waals surface area contributed by atoms with E-state index in [4.69, 9.17) is 0 Å². The van der Waals surface area contributed by atoms with Crippen LogP contribution in [-0.2, 0) is 6.54 Å². The summed E-state index contributed by atoms with van der Waals surface area (Å²) in [6, 6.07) is 2.49. The van der Waals surface area contributed by atoms with Gasteiger partial charge in [0.15, 0.2) is 0 Å². The zero-order valence-electron chi connectivity index (χ0n) is 12.3. The summed E-state index contributed by atoms with van der Waals surface area (Å²) >= 11 is 3.17. The molecule has 1 saturated carbocycles. The van der Waals surface area contributed by atoms with Crippen molar-refractivity contribution in [3.63, 3.8) is 0 Å². The average Bonchev–Trinajstić information content (AvgIpc) is 3.02. The Morgan fingerprint density at radius 3 is 2.91 bits per heavy atom. The second-order valence-corrected chi connectivity index (χ2v) is 7.77. The quantitative estimate of drug-likeness (QED) is 0.935. The van der Waals surface area contributed by atoms with Crippen LogP contribution in [0.5, 0.6) is 0 Å². The first-order valence-corrected chi connectivity index (χ1v) is 9.58. The van der Waals surface area contributed by atoms with Crippen LogP contribution < -0.4 is 5.32 Å². The van der Waals surface area contributed by atoms with Crippen LogP contribution in [0.15, 0.2) is 27.7 Å². The molecule has 2 fully saturated rings. The maximum atomic E-state index is 12.9. The second-order valence-electron chi connectivity index (χ2n) is 6.27. The average molecular weight is 333 g/mol. The van der Waals surface area contributed by atoms with E-state index in [1.807, 2.05) is 5.38 Å². The highest BCUT2D eigenvalue weighted by Crippen LogP contribution is 2.56. The minimum atomic E-state index is 0.0906. The first-order chi connectivity index (χ1) is 10.8. The Hall–Kier alpha value is -1.24. The van der Waals surface area contributed by atoms with Crippen LogP contribution in [0.1, 0.15) is 35.3 Å². The van der Waals surface area contributed by atoms with E-state index in [0.29, 0.717) is 23.7 Å². The van der Waals surface area contributed by atoms with Gasteiger partial charge in [0.25, 0.3) is 5.91 Å². The highest BCUT2D eigenvalue weighted by Gasteiger charge is 2.57. The topological polar surface area (TPSA) is 45.2 Å². The molecule has 1 spiro atoms. The van der Waals surface area contributed by atoms with Gasteiger partial charge in [0, 0.05) is 18.0 Å². The molecular weight excluding hydrogens is 314 g/mol. The summed E-state index contributed by atoms with van der Waals surface area (Å²) in [7, 11) is 0. The number of hydrogen-bond donors (Lipinski definition) is 1. The molecule has 22 heavy (non-hydrogen) atoms. The molecule has 4 rings (SSSR count). The summed E-state index contributed by atoms with van der Waals surface area (Å²) in [5.74, 6) is 0.0906. The van der Waals surface area contributed by atoms with Crippen molar-refractivity contribution in [1.82, 2.24) is 15.2 Å². The molecule has 116 valence electrons. The van der Waals surface area contributed by atoms with Gasteiger partial charge in [-0.1, -0.05) is 0 Å². The molecule has 1 saturated heterocycles. The van der Waals surface area contributed by atoms with E-state index >= 15 is 0 Å². The molecule has 3 heterocycles. The minimum Gasteiger partial charge on any atom is -0.329 e. The number of piperidine rings is 1. The van der Waals surface area contributed by atoms with E-state index in [2.05, 4.69) is 32.0 Å². The molecule has 0 aromatic carbocycles. The van der Waals surface area contributed by atoms with Gasteiger partial charge in [-0.15, -0.1) is 11.3 Å². The van der Waals surface area contributed by atoms with Crippen molar-refractivity contribution in [3.8, 4) is 0 Å². The molecule has 2 aliphatic rings. The number of nitrogens with one attached hydrogen (secondary N) is 1. The number of thiophene rings is 1. The highest BCUT2D eigenvalue weighted by atomic mass is 32.1. The summed E-state index contributed by atoms with van der Waals surface area (Å²) in [6.07, 6.45) is 3.51. The number of thiazole rings is 1. The lowest BCUT2D eigenvalue weighted by atomic mass is 9.93. The van der Waals surface area contributed by atoms with Crippen LogP contribution in [0.25, 0.3) is 0 Å². The van der Waals surface area contributed by atoms with Crippen LogP contribution in [0, 0.1) is 5.41 Å². The Morgan fingerprint density at radius 2 is 2.23 bits per heavy atom. The van der Waals surface area contributed by atoms with Crippen LogP contribution in [0.2, 0.25) is 0 Å². The number of amides is 1. The van der Waals surface area contributed by atoms with Crippen molar-refractivity contribution in [2.45, 2.75) is 31.8 Å². The molecule has 0 bridgehead atoms. The van der Waals surface area contributed by atoms with Crippen LogP contribution in [-0.4, -0.2) is 34.9 Å². The second kappa shape index (κ2) is 5.76. The third-order valence-corrected chi connectivity index (χ3v) is 6.29. The minimum absolute atomic E-state index is 0.0906. The van der Waals surface area contributed by atoms with Crippen molar-refractivity contribution in [3.05, 3.63) is 39.0 Å². The lowest BCUT2D eigenvalue weighted by Gasteiger charge is -2.29. The van der Waals surface area contributed by atoms with E-state index in [0.717, 1.165) is 19.5 Å². The molecule has 1 aliphatic carbocycles. The summed E-state index contributed by atoms with van der Waals surface area (Å²) in [6.45, 7) is 2.86. The number of aromatic nitrogens is 1. The fourth-order valence-electron chi connectivity index (χ4n) is 3.60. The van der Waals surface area contributed by atoms with E-state index in [-0.39, 0.29) is 5.91 Å². The van der Waals surface area contributed by atoms with Gasteiger partial charge in [0.2, 0.25) is 0 Å². The Bertz CT molecular complexity index is 632. The number of carbonyl (C=O) groups is 1. The number of nitrogens with zero attached hydrogens (tertiary/aromatic N) is 2. The maximum absolute atomic E-state index is 12.9. The SMILES string of the molecule is O=C(c1cscn1)N(Cc1ccsc1)[C@H]1CC12CCNCC2. The van der Waals surface area contributed by atoms with Crippen LogP contribution >= 0.6 is 22.7 Å². The molecule has 2 aromatic heterocycles. The molecule has 1 N–H and O–H groups in total. The van der Waals surface area contributed by atoms with Crippen molar-refractivity contribution in [1.29, 1.82) is 0 Å². The Morgan fingerprint density at radius 1 is 1.36 bits per heavy atom. The van der Waals surface area contributed by atoms with Gasteiger partial charge in [-0.05, 0) is 60.2 Å². The Labute approximate surface area is 138 Å². The molecule has 4 nitrogen and oxygen atoms in total. The predicted octanol–water partition coefficient (Wildman–Crippen LogP) is 2.99. The van der Waals surface area contributed by atoms with Gasteiger partial charge < -0.3 is 10.2 Å². The standard InChI is InChI=1S/C16H19N3OS2/c20-15(13-10-22-11-18-13)19(8-12-1-6-21-9-12)14-7-16(14)2-4-17-5-3-16/h1,6,9-11,14,17H,2-5,7-8H2/t14-/m0/s1. The molecule has 6 heteroatoms. The fourth-order valence-corrected chi connectivity index (χ4v) is 4.78. The van der Waals surface area contributed by atoms with E-state index < -0.39 is 0 Å². The Kier molecular flexibility index (Phi) is 3.76. The van der Waals surface area contributed by atoms with Gasteiger partial charge in [-0.25, -0.2) is 4.98 Å². The van der Waals surface area contributed by atoms with Crippen LogP contribution in [0.4, 0.5) is 0 Å². The van der Waals surface area contributed by atoms with Crippen LogP contribution in [0.3, 0.4) is 0 Å². The fraction of sp³-hybridized carbons (Fsp3) is 0.500. The zero-order valence-corrected chi connectivity index (χ0v) is 14.0. The third kappa shape index (κ3) is 2.59. The first kappa shape index (κ1) is 14.4. The molecule has 1 amide bonds. The van der Waals surface area contributed by atoms with Crippen molar-refractivity contribution in [2.75, 3.05) is 13.1 Å². The van der Waals surface area contributed by atoms with Crippen molar-refractivity contribution >= 4 is 28.6 Å². The lowest BCUT2D eigenvalue weighted by molar-refractivity contribution is 0.0687. The van der Waals surface area contributed by atoms with Gasteiger partial charge in [0.05, 0.1) is 5.51 Å². The van der Waals surface area contributed by atoms with E-state index in [9.17, 15) is 4.79 Å². The smallest absolute Gasteiger partial charge is 0.273 e. The predicted molar refractivity (Wildman–Crippen MR) is 89.2 cm³/mol. The third-order valence-electron chi connectivity index (χ3n) is 4.97. The molecule has 1 aliphatic heterocycles. The number of carbonyl (C=O) groups excluding carboxylic acids is 1. The molecule has 2 aromatic rings. The molecular formula is C16H19N3OS2. The van der Waals surface area contributed by atoms with Crippen molar-refractivity contribution in [2.24, 2.45) is 5.41 Å². The largest absolute Gasteiger partial charge is 0.329 e. The van der Waals surface area contributed by atoms with E-state index in [1.54, 1.807) is 16.8 Å². The normalized spacial score (nSPS) is 22.6. The molecule has 1 atom stereocenters. The molecule has 0 radical (unpaired) electrons. The summed E-state index contributed by atoms with van der Waals surface area (Å²) in [5, 5.41) is 9.51. The van der Waals surface area contributed by atoms with Gasteiger partial charge >= 0.3 is 0 Å². The summed E-state index contributed by atoms with van der Waals surface area (Å²) < 4.78 is 0. The van der Waals surface area contributed by atoms with Gasteiger partial charge in [-0.3, -0.25) is 4.79 Å². The summed E-state index contributed by atoms with van der Waals surface area (Å²) in [5.41, 5.74) is 3.91. The zero-order chi connectivity index (χ0) is 15.0. The Balaban J connectivity index is 1.57. The maximum Gasteiger partial charge on any atom is 0.273 e. The highest BCUT2D eigenvalue weighted by molar-refractivity contribution is 7.08. The lowest BCUT2D eigenvalue weighted by Crippen LogP contribution is -2.39. The van der Waals surface area contributed by atoms with Gasteiger partial charge in [0.1, 0.15) is 5.69 Å². The number of rotatable bonds is 4. The molecule has 0 unspecified atom stereocenters. The van der Waals surface area contributed by atoms with Gasteiger partial charge in [-0.2, -0.15) is 11.3 Å². The summed E-state index contributed by atoms with van der Waals surface area (Å²) in [4.78, 5) is 19.2. The number of hydrogen-bond acceptors (Lipinski definition) is 5.